The van der Waals surface area contributed by atoms with Gasteiger partial charge in [0, 0.05) is 41.5 Å². The van der Waals surface area contributed by atoms with Crippen molar-refractivity contribution in [2.24, 2.45) is 0 Å². The van der Waals surface area contributed by atoms with Gasteiger partial charge in [0.05, 0.1) is 0 Å². The molecular formula is C31H26F4N2O2. The number of halogens is 4. The molecule has 5 rings (SSSR count). The van der Waals surface area contributed by atoms with Crippen molar-refractivity contribution in [1.82, 2.24) is 5.32 Å². The molecule has 0 bridgehead atoms. The van der Waals surface area contributed by atoms with E-state index in [1.165, 1.54) is 24.3 Å². The van der Waals surface area contributed by atoms with Crippen LogP contribution >= 0.6 is 0 Å². The molecule has 1 heterocycles. The average molecular weight is 535 g/mol. The van der Waals surface area contributed by atoms with E-state index >= 15 is 0 Å². The molecule has 0 atom stereocenters. The first-order valence-electron chi connectivity index (χ1n) is 12.8. The molecule has 3 aromatic rings. The van der Waals surface area contributed by atoms with Crippen molar-refractivity contribution in [3.8, 4) is 0 Å². The Kier molecular flexibility index (Phi) is 7.63. The maximum atomic E-state index is 13.8. The summed E-state index contributed by atoms with van der Waals surface area (Å²) in [6, 6.07) is 13.4. The van der Waals surface area contributed by atoms with E-state index in [0.717, 1.165) is 55.9 Å². The molecule has 1 saturated carbocycles. The van der Waals surface area contributed by atoms with Crippen LogP contribution in [0.4, 0.5) is 23.2 Å². The van der Waals surface area contributed by atoms with E-state index in [2.05, 4.69) is 10.2 Å². The van der Waals surface area contributed by atoms with Gasteiger partial charge in [-0.15, -0.1) is 0 Å². The lowest BCUT2D eigenvalue weighted by Gasteiger charge is -2.27. The summed E-state index contributed by atoms with van der Waals surface area (Å²) < 4.78 is 54.4. The van der Waals surface area contributed by atoms with Crippen molar-refractivity contribution in [2.45, 2.75) is 31.7 Å². The summed E-state index contributed by atoms with van der Waals surface area (Å²) in [6.07, 6.45) is 5.50. The Balaban J connectivity index is 1.41. The van der Waals surface area contributed by atoms with Crippen molar-refractivity contribution in [3.05, 3.63) is 112 Å². The molecule has 1 N–H and O–H groups in total. The van der Waals surface area contributed by atoms with Gasteiger partial charge in [0.25, 0.3) is 5.91 Å². The normalized spacial score (nSPS) is 19.6. The molecule has 0 aromatic heterocycles. The molecule has 3 aromatic carbocycles. The van der Waals surface area contributed by atoms with Gasteiger partial charge in [-0.3, -0.25) is 9.59 Å². The Labute approximate surface area is 223 Å². The molecule has 1 saturated heterocycles. The van der Waals surface area contributed by atoms with Gasteiger partial charge in [-0.2, -0.15) is 0 Å². The number of carbonyl (C=O) groups is 2. The smallest absolute Gasteiger partial charge is 0.251 e. The number of rotatable bonds is 5. The van der Waals surface area contributed by atoms with Crippen LogP contribution in [-0.2, 0) is 4.79 Å². The second-order valence-electron chi connectivity index (χ2n) is 9.84. The number of nitrogens with one attached hydrogen (secondary N) is 1. The van der Waals surface area contributed by atoms with Crippen LogP contribution < -0.4 is 10.2 Å². The zero-order valence-electron chi connectivity index (χ0n) is 21.0. The Hall–Kier alpha value is -4.20. The number of anilines is 1. The van der Waals surface area contributed by atoms with Gasteiger partial charge in [-0.25, -0.2) is 17.6 Å². The van der Waals surface area contributed by atoms with E-state index in [9.17, 15) is 27.2 Å². The van der Waals surface area contributed by atoms with E-state index in [1.807, 2.05) is 12.1 Å². The Bertz CT molecular complexity index is 1400. The summed E-state index contributed by atoms with van der Waals surface area (Å²) >= 11 is 0. The average Bonchev–Trinajstić information content (AvgIpc) is 3.46. The topological polar surface area (TPSA) is 49.4 Å². The predicted octanol–water partition coefficient (Wildman–Crippen LogP) is 6.47. The number of hydrogen-bond acceptors (Lipinski definition) is 3. The zero-order chi connectivity index (χ0) is 27.5. The summed E-state index contributed by atoms with van der Waals surface area (Å²) in [7, 11) is 0. The molecule has 8 heteroatoms. The summed E-state index contributed by atoms with van der Waals surface area (Å²) in [5.74, 6) is -4.80. The molecule has 0 spiro atoms. The number of carbonyl (C=O) groups excluding carboxylic acids is 2. The van der Waals surface area contributed by atoms with Crippen LogP contribution in [0.1, 0.15) is 47.2 Å². The lowest BCUT2D eigenvalue weighted by atomic mass is 9.83. The molecule has 4 nitrogen and oxygen atoms in total. The largest absolute Gasteiger partial charge is 0.372 e. The fourth-order valence-corrected chi connectivity index (χ4v) is 5.02. The standard InChI is InChI=1S/C31H26F4N2O2/c32-26-9-3-19(15-28(26)34)13-22-17-24(18-23(30(22)38)14-20-4-10-27(33)29(35)16-20)36-31(39)21-5-7-25(8-6-21)37-11-1-2-12-37/h3-10,13-16,24H,1-2,11-12,17-18H2,(H,36,39)/b22-13+,23-14+. The van der Waals surface area contributed by atoms with Crippen molar-refractivity contribution in [3.63, 3.8) is 0 Å². The van der Waals surface area contributed by atoms with Crippen LogP contribution in [0.25, 0.3) is 12.2 Å². The second-order valence-corrected chi connectivity index (χ2v) is 9.84. The monoisotopic (exact) mass is 534 g/mol. The number of amides is 1. The first-order valence-corrected chi connectivity index (χ1v) is 12.8. The third-order valence-corrected chi connectivity index (χ3v) is 7.02. The molecule has 1 aliphatic carbocycles. The molecule has 1 amide bonds. The van der Waals surface area contributed by atoms with Crippen molar-refractivity contribution in [2.75, 3.05) is 18.0 Å². The highest BCUT2D eigenvalue weighted by Crippen LogP contribution is 2.30. The number of hydrogen-bond donors (Lipinski definition) is 1. The van der Waals surface area contributed by atoms with Gasteiger partial charge in [0.2, 0.25) is 0 Å². The van der Waals surface area contributed by atoms with Crippen LogP contribution in [0.15, 0.2) is 71.8 Å². The van der Waals surface area contributed by atoms with Crippen LogP contribution in [0.3, 0.4) is 0 Å². The highest BCUT2D eigenvalue weighted by Gasteiger charge is 2.29. The number of nitrogens with zero attached hydrogens (tertiary/aromatic N) is 1. The van der Waals surface area contributed by atoms with Gasteiger partial charge < -0.3 is 10.2 Å². The third kappa shape index (κ3) is 6.11. The van der Waals surface area contributed by atoms with E-state index in [4.69, 9.17) is 0 Å². The lowest BCUT2D eigenvalue weighted by Crippen LogP contribution is -2.39. The fourth-order valence-electron chi connectivity index (χ4n) is 5.02. The molecular weight excluding hydrogens is 508 g/mol. The molecule has 2 fully saturated rings. The summed E-state index contributed by atoms with van der Waals surface area (Å²) in [6.45, 7) is 1.98. The number of benzene rings is 3. The van der Waals surface area contributed by atoms with Crippen molar-refractivity contribution >= 4 is 29.5 Å². The number of ketones is 1. The predicted molar refractivity (Wildman–Crippen MR) is 142 cm³/mol. The van der Waals surface area contributed by atoms with Gasteiger partial charge in [0.1, 0.15) is 0 Å². The quantitative estimate of drug-likeness (QED) is 0.302. The highest BCUT2D eigenvalue weighted by atomic mass is 19.2. The third-order valence-electron chi connectivity index (χ3n) is 7.02. The Morgan fingerprint density at radius 2 is 1.26 bits per heavy atom. The first-order chi connectivity index (χ1) is 18.8. The molecule has 1 aliphatic heterocycles. The van der Waals surface area contributed by atoms with Crippen LogP contribution in [-0.4, -0.2) is 30.8 Å². The second kappa shape index (κ2) is 11.3. The van der Waals surface area contributed by atoms with E-state index in [1.54, 1.807) is 12.1 Å². The van der Waals surface area contributed by atoms with E-state index in [0.29, 0.717) is 5.56 Å². The van der Waals surface area contributed by atoms with Gasteiger partial charge in [-0.05, 0) is 97.5 Å². The van der Waals surface area contributed by atoms with Gasteiger partial charge in [0.15, 0.2) is 29.1 Å². The molecule has 0 radical (unpaired) electrons. The fraction of sp³-hybridized carbons (Fsp3) is 0.226. The Morgan fingerprint density at radius 1 is 0.744 bits per heavy atom. The summed E-state index contributed by atoms with van der Waals surface area (Å²) in [5, 5.41) is 2.96. The maximum absolute atomic E-state index is 13.8. The molecule has 0 unspecified atom stereocenters. The molecule has 2 aliphatic rings. The van der Waals surface area contributed by atoms with Crippen molar-refractivity contribution < 1.29 is 27.2 Å². The summed E-state index contributed by atoms with van der Waals surface area (Å²) in [5.41, 5.74) is 2.64. The van der Waals surface area contributed by atoms with Crippen LogP contribution in [0, 0.1) is 23.3 Å². The lowest BCUT2D eigenvalue weighted by molar-refractivity contribution is -0.113. The van der Waals surface area contributed by atoms with Gasteiger partial charge >= 0.3 is 0 Å². The Morgan fingerprint density at radius 3 is 1.74 bits per heavy atom. The SMILES string of the molecule is O=C1/C(=C/c2ccc(F)c(F)c2)CC(NC(=O)c2ccc(N3CCCC3)cc2)C/C1=C\c1ccc(F)c(F)c1. The number of Topliss-reactive ketones (excluding diaryl/α,β-unsaturated/α-hetero) is 1. The minimum absolute atomic E-state index is 0.157. The summed E-state index contributed by atoms with van der Waals surface area (Å²) in [4.78, 5) is 28.7. The first kappa shape index (κ1) is 26.4. The van der Waals surface area contributed by atoms with Crippen molar-refractivity contribution in [1.29, 1.82) is 0 Å². The van der Waals surface area contributed by atoms with Crippen LogP contribution in [0.5, 0.6) is 0 Å². The van der Waals surface area contributed by atoms with Crippen LogP contribution in [0.2, 0.25) is 0 Å². The minimum Gasteiger partial charge on any atom is -0.372 e. The molecule has 200 valence electrons. The van der Waals surface area contributed by atoms with E-state index < -0.39 is 29.3 Å². The minimum atomic E-state index is -1.05. The highest BCUT2D eigenvalue weighted by molar-refractivity contribution is 6.14. The van der Waals surface area contributed by atoms with Gasteiger partial charge in [-0.1, -0.05) is 12.1 Å². The molecule has 39 heavy (non-hydrogen) atoms. The van der Waals surface area contributed by atoms with E-state index in [-0.39, 0.29) is 46.8 Å². The zero-order valence-corrected chi connectivity index (χ0v) is 21.0. The maximum Gasteiger partial charge on any atom is 0.251 e.